The number of anilines is 1. The van der Waals surface area contributed by atoms with Crippen molar-refractivity contribution in [1.29, 1.82) is 0 Å². The van der Waals surface area contributed by atoms with Gasteiger partial charge in [-0.05, 0) is 17.7 Å². The predicted molar refractivity (Wildman–Crippen MR) is 75.9 cm³/mol. The van der Waals surface area contributed by atoms with E-state index in [1.165, 1.54) is 12.4 Å². The van der Waals surface area contributed by atoms with Crippen LogP contribution in [0.25, 0.3) is 0 Å². The number of benzene rings is 1. The normalized spacial score (nSPS) is 10.0. The van der Waals surface area contributed by atoms with Crippen LogP contribution in [0.4, 0.5) is 5.82 Å². The van der Waals surface area contributed by atoms with E-state index in [2.05, 4.69) is 15.3 Å². The van der Waals surface area contributed by atoms with E-state index in [1.807, 2.05) is 18.2 Å². The minimum absolute atomic E-state index is 0.0910. The molecule has 0 bridgehead atoms. The fourth-order valence-corrected chi connectivity index (χ4v) is 1.71. The molecule has 1 aromatic carbocycles. The Morgan fingerprint density at radius 3 is 2.52 bits per heavy atom. The summed E-state index contributed by atoms with van der Waals surface area (Å²) in [5, 5.41) is 11.8. The first-order valence-corrected chi connectivity index (χ1v) is 6.14. The highest BCUT2D eigenvalue weighted by Gasteiger charge is 2.06. The van der Waals surface area contributed by atoms with Crippen LogP contribution in [0, 0.1) is 0 Å². The van der Waals surface area contributed by atoms with Gasteiger partial charge in [-0.2, -0.15) is 0 Å². The Labute approximate surface area is 121 Å². The van der Waals surface area contributed by atoms with E-state index >= 15 is 0 Å². The van der Waals surface area contributed by atoms with Crippen molar-refractivity contribution in [2.75, 3.05) is 19.5 Å². The van der Waals surface area contributed by atoms with Crippen molar-refractivity contribution >= 4 is 11.8 Å². The Morgan fingerprint density at radius 2 is 1.95 bits per heavy atom. The average molecular weight is 289 g/mol. The minimum atomic E-state index is -1.10. The monoisotopic (exact) mass is 289 g/mol. The molecule has 0 aliphatic heterocycles. The molecule has 2 aromatic rings. The van der Waals surface area contributed by atoms with Crippen molar-refractivity contribution in [2.45, 2.75) is 6.54 Å². The molecular formula is C14H15N3O4. The molecule has 0 radical (unpaired) electrons. The smallest absolute Gasteiger partial charge is 0.356 e. The standard InChI is InChI=1S/C14H15N3O4/c1-20-11-4-3-9(5-12(11)21-2)6-16-13-8-15-10(7-17-13)14(18)19/h3-5,7-8H,6H2,1-2H3,(H,16,17)(H,18,19). The largest absolute Gasteiger partial charge is 0.493 e. The molecule has 2 rings (SSSR count). The van der Waals surface area contributed by atoms with Gasteiger partial charge in [0.1, 0.15) is 5.82 Å². The lowest BCUT2D eigenvalue weighted by atomic mass is 10.2. The highest BCUT2D eigenvalue weighted by Crippen LogP contribution is 2.27. The van der Waals surface area contributed by atoms with Crippen LogP contribution in [0.2, 0.25) is 0 Å². The number of rotatable bonds is 6. The van der Waals surface area contributed by atoms with Gasteiger partial charge in [0.2, 0.25) is 0 Å². The molecule has 2 N–H and O–H groups in total. The Kier molecular flexibility index (Phi) is 4.55. The van der Waals surface area contributed by atoms with Gasteiger partial charge in [-0.1, -0.05) is 6.07 Å². The third kappa shape index (κ3) is 3.59. The van der Waals surface area contributed by atoms with Gasteiger partial charge in [0, 0.05) is 6.54 Å². The summed E-state index contributed by atoms with van der Waals surface area (Å²) in [7, 11) is 3.15. The SMILES string of the molecule is COc1ccc(CNc2cnc(C(=O)O)cn2)cc1OC. The third-order valence-electron chi connectivity index (χ3n) is 2.79. The second-order valence-electron chi connectivity index (χ2n) is 4.13. The quantitative estimate of drug-likeness (QED) is 0.837. The lowest BCUT2D eigenvalue weighted by Gasteiger charge is -2.10. The number of hydrogen-bond acceptors (Lipinski definition) is 6. The number of aromatic carboxylic acids is 1. The molecule has 0 fully saturated rings. The van der Waals surface area contributed by atoms with Crippen molar-refractivity contribution in [3.8, 4) is 11.5 Å². The Hall–Kier alpha value is -2.83. The Balaban J connectivity index is 2.04. The first-order chi connectivity index (χ1) is 10.1. The molecule has 0 aliphatic carbocycles. The third-order valence-corrected chi connectivity index (χ3v) is 2.79. The molecule has 21 heavy (non-hydrogen) atoms. The number of aromatic nitrogens is 2. The van der Waals surface area contributed by atoms with E-state index in [0.29, 0.717) is 23.9 Å². The summed E-state index contributed by atoms with van der Waals surface area (Å²) in [5.41, 5.74) is 0.878. The summed E-state index contributed by atoms with van der Waals surface area (Å²) in [6.45, 7) is 0.501. The molecule has 0 spiro atoms. The van der Waals surface area contributed by atoms with E-state index in [0.717, 1.165) is 5.56 Å². The van der Waals surface area contributed by atoms with Gasteiger partial charge in [0.15, 0.2) is 17.2 Å². The van der Waals surface area contributed by atoms with Crippen LogP contribution >= 0.6 is 0 Å². The fraction of sp³-hybridized carbons (Fsp3) is 0.214. The molecule has 7 nitrogen and oxygen atoms in total. The zero-order chi connectivity index (χ0) is 15.2. The second-order valence-corrected chi connectivity index (χ2v) is 4.13. The zero-order valence-corrected chi connectivity index (χ0v) is 11.7. The minimum Gasteiger partial charge on any atom is -0.493 e. The Bertz CT molecular complexity index is 629. The number of nitrogens with zero attached hydrogens (tertiary/aromatic N) is 2. The van der Waals surface area contributed by atoms with E-state index < -0.39 is 5.97 Å². The highest BCUT2D eigenvalue weighted by atomic mass is 16.5. The molecule has 0 amide bonds. The van der Waals surface area contributed by atoms with Crippen LogP contribution < -0.4 is 14.8 Å². The summed E-state index contributed by atoms with van der Waals surface area (Å²) in [4.78, 5) is 18.4. The van der Waals surface area contributed by atoms with Gasteiger partial charge in [0.25, 0.3) is 0 Å². The molecular weight excluding hydrogens is 274 g/mol. The van der Waals surface area contributed by atoms with Crippen molar-refractivity contribution in [3.63, 3.8) is 0 Å². The van der Waals surface area contributed by atoms with Crippen molar-refractivity contribution in [3.05, 3.63) is 41.9 Å². The summed E-state index contributed by atoms with van der Waals surface area (Å²) >= 11 is 0. The number of carboxylic acids is 1. The van der Waals surface area contributed by atoms with Crippen LogP contribution in [0.5, 0.6) is 11.5 Å². The number of nitrogens with one attached hydrogen (secondary N) is 1. The summed E-state index contributed by atoms with van der Waals surface area (Å²) in [5.74, 6) is 0.694. The number of hydrogen-bond donors (Lipinski definition) is 2. The molecule has 1 heterocycles. The number of methoxy groups -OCH3 is 2. The average Bonchev–Trinajstić information content (AvgIpc) is 2.52. The van der Waals surface area contributed by atoms with E-state index in [-0.39, 0.29) is 5.69 Å². The summed E-state index contributed by atoms with van der Waals surface area (Å²) < 4.78 is 10.4. The maximum absolute atomic E-state index is 10.7. The maximum Gasteiger partial charge on any atom is 0.356 e. The van der Waals surface area contributed by atoms with Gasteiger partial charge in [0.05, 0.1) is 26.6 Å². The topological polar surface area (TPSA) is 93.6 Å². The molecule has 1 aromatic heterocycles. The Morgan fingerprint density at radius 1 is 1.19 bits per heavy atom. The molecule has 110 valence electrons. The van der Waals surface area contributed by atoms with Crippen LogP contribution in [0.1, 0.15) is 16.1 Å². The lowest BCUT2D eigenvalue weighted by Crippen LogP contribution is -2.05. The van der Waals surface area contributed by atoms with Crippen LogP contribution in [0.3, 0.4) is 0 Å². The molecule has 0 unspecified atom stereocenters. The lowest BCUT2D eigenvalue weighted by molar-refractivity contribution is 0.0690. The van der Waals surface area contributed by atoms with E-state index in [4.69, 9.17) is 14.6 Å². The highest BCUT2D eigenvalue weighted by molar-refractivity contribution is 5.84. The molecule has 0 saturated carbocycles. The zero-order valence-electron chi connectivity index (χ0n) is 11.7. The summed E-state index contributed by atoms with van der Waals surface area (Å²) in [6.07, 6.45) is 2.59. The molecule has 0 aliphatic rings. The molecule has 7 heteroatoms. The van der Waals surface area contributed by atoms with Crippen molar-refractivity contribution < 1.29 is 19.4 Å². The van der Waals surface area contributed by atoms with Gasteiger partial charge in [-0.25, -0.2) is 14.8 Å². The first kappa shape index (κ1) is 14.6. The van der Waals surface area contributed by atoms with E-state index in [1.54, 1.807) is 14.2 Å². The second kappa shape index (κ2) is 6.56. The van der Waals surface area contributed by atoms with Gasteiger partial charge in [-0.15, -0.1) is 0 Å². The first-order valence-electron chi connectivity index (χ1n) is 6.14. The predicted octanol–water partition coefficient (Wildman–Crippen LogP) is 1.80. The van der Waals surface area contributed by atoms with Gasteiger partial charge in [-0.3, -0.25) is 0 Å². The van der Waals surface area contributed by atoms with E-state index in [9.17, 15) is 4.79 Å². The fourth-order valence-electron chi connectivity index (χ4n) is 1.71. The number of carbonyl (C=O) groups is 1. The molecule has 0 saturated heterocycles. The summed E-state index contributed by atoms with van der Waals surface area (Å²) in [6, 6.07) is 5.56. The molecule has 0 atom stereocenters. The van der Waals surface area contributed by atoms with Crippen molar-refractivity contribution in [1.82, 2.24) is 9.97 Å². The van der Waals surface area contributed by atoms with Gasteiger partial charge >= 0.3 is 5.97 Å². The van der Waals surface area contributed by atoms with Crippen LogP contribution in [0.15, 0.2) is 30.6 Å². The van der Waals surface area contributed by atoms with Crippen LogP contribution in [-0.4, -0.2) is 35.3 Å². The number of carboxylic acid groups (broad SMARTS) is 1. The van der Waals surface area contributed by atoms with Crippen LogP contribution in [-0.2, 0) is 6.54 Å². The van der Waals surface area contributed by atoms with Gasteiger partial charge < -0.3 is 19.9 Å². The van der Waals surface area contributed by atoms with Crippen molar-refractivity contribution in [2.24, 2.45) is 0 Å². The number of ether oxygens (including phenoxy) is 2. The maximum atomic E-state index is 10.7.